The number of aromatic hydroxyl groups is 1. The lowest BCUT2D eigenvalue weighted by Crippen LogP contribution is -2.40. The molecule has 4 aromatic rings. The molecule has 0 amide bonds. The molecule has 8 heteroatoms. The van der Waals surface area contributed by atoms with Gasteiger partial charge < -0.3 is 19.6 Å². The van der Waals surface area contributed by atoms with E-state index in [0.29, 0.717) is 40.2 Å². The fourth-order valence-electron chi connectivity index (χ4n) is 4.14. The first kappa shape index (κ1) is 15.3. The smallest absolute Gasteiger partial charge is 0.336 e. The van der Waals surface area contributed by atoms with Crippen molar-refractivity contribution in [3.05, 3.63) is 64.8 Å². The quantitative estimate of drug-likeness (QED) is 0.494. The maximum atomic E-state index is 12.4. The Morgan fingerprint density at radius 2 is 2.07 bits per heavy atom. The Kier molecular flexibility index (Phi) is 2.92. The Balaban J connectivity index is 1.71. The molecule has 0 saturated heterocycles. The van der Waals surface area contributed by atoms with E-state index in [1.165, 1.54) is 12.4 Å². The van der Waals surface area contributed by atoms with Gasteiger partial charge in [-0.1, -0.05) is 30.3 Å². The zero-order valence-electron chi connectivity index (χ0n) is 14.5. The zero-order valence-corrected chi connectivity index (χ0v) is 14.5. The van der Waals surface area contributed by atoms with E-state index in [1.54, 1.807) is 10.7 Å². The second-order valence-electron chi connectivity index (χ2n) is 6.89. The molecule has 2 aliphatic rings. The van der Waals surface area contributed by atoms with E-state index in [2.05, 4.69) is 15.4 Å². The molecule has 0 radical (unpaired) electrons. The van der Waals surface area contributed by atoms with Gasteiger partial charge in [0.15, 0.2) is 11.8 Å². The third-order valence-corrected chi connectivity index (χ3v) is 5.28. The van der Waals surface area contributed by atoms with Crippen molar-refractivity contribution in [3.8, 4) is 22.6 Å². The lowest BCUT2D eigenvalue weighted by atomic mass is 9.92. The molecule has 0 aliphatic carbocycles. The van der Waals surface area contributed by atoms with Crippen LogP contribution < -0.4 is 15.7 Å². The minimum Gasteiger partial charge on any atom is -0.507 e. The van der Waals surface area contributed by atoms with Gasteiger partial charge in [-0.05, 0) is 5.56 Å². The zero-order chi connectivity index (χ0) is 18.8. The molecule has 2 atom stereocenters. The molecule has 8 nitrogen and oxygen atoms in total. The van der Waals surface area contributed by atoms with E-state index < -0.39 is 5.63 Å². The van der Waals surface area contributed by atoms with Crippen molar-refractivity contribution in [2.75, 3.05) is 5.32 Å². The highest BCUT2D eigenvalue weighted by Crippen LogP contribution is 2.48. The molecule has 2 aliphatic heterocycles. The van der Waals surface area contributed by atoms with Gasteiger partial charge in [0.25, 0.3) is 0 Å². The van der Waals surface area contributed by atoms with E-state index in [4.69, 9.17) is 9.15 Å². The van der Waals surface area contributed by atoms with Crippen LogP contribution in [-0.2, 0) is 0 Å². The number of hydrogen-bond donors (Lipinski definition) is 2. The van der Waals surface area contributed by atoms with Crippen molar-refractivity contribution < 1.29 is 14.3 Å². The maximum Gasteiger partial charge on any atom is 0.336 e. The average molecular weight is 374 g/mol. The average Bonchev–Trinajstić information content (AvgIpc) is 3.16. The second kappa shape index (κ2) is 5.35. The molecule has 6 rings (SSSR count). The van der Waals surface area contributed by atoms with E-state index in [0.717, 1.165) is 5.56 Å². The lowest BCUT2D eigenvalue weighted by molar-refractivity contribution is 0.157. The van der Waals surface area contributed by atoms with Crippen molar-refractivity contribution in [1.82, 2.24) is 14.8 Å². The molecule has 2 unspecified atom stereocenters. The van der Waals surface area contributed by atoms with Crippen LogP contribution in [0.25, 0.3) is 22.1 Å². The Hall–Kier alpha value is -3.81. The van der Waals surface area contributed by atoms with Crippen LogP contribution in [0.5, 0.6) is 11.5 Å². The number of phenols is 1. The molecule has 138 valence electrons. The van der Waals surface area contributed by atoms with Crippen molar-refractivity contribution in [2.45, 2.75) is 18.7 Å². The van der Waals surface area contributed by atoms with Crippen LogP contribution in [-0.4, -0.2) is 26.1 Å². The standard InChI is InChI=1S/C20H14N4O4/c25-13-8-14-18(12-7-15(27-14)23-20-21-9-22-24(12)20)19-17(13)11(6-16(26)28-19)10-4-2-1-3-5-10/h1-6,8-9,12,15,25H,7H2,(H,21,22,23). The summed E-state index contributed by atoms with van der Waals surface area (Å²) in [5.41, 5.74) is 1.94. The fraction of sp³-hybridized carbons (Fsp3) is 0.150. The molecule has 0 fully saturated rings. The maximum absolute atomic E-state index is 12.4. The van der Waals surface area contributed by atoms with Gasteiger partial charge >= 0.3 is 5.63 Å². The number of anilines is 1. The van der Waals surface area contributed by atoms with Gasteiger partial charge in [-0.3, -0.25) is 0 Å². The Morgan fingerprint density at radius 3 is 2.93 bits per heavy atom. The van der Waals surface area contributed by atoms with Gasteiger partial charge in [0.1, 0.15) is 17.8 Å². The highest BCUT2D eigenvalue weighted by molar-refractivity contribution is 6.00. The van der Waals surface area contributed by atoms with Gasteiger partial charge in [-0.25, -0.2) is 9.48 Å². The fourth-order valence-corrected chi connectivity index (χ4v) is 4.14. The number of phenolic OH excluding ortho intramolecular Hbond substituents is 1. The summed E-state index contributed by atoms with van der Waals surface area (Å²) in [5, 5.41) is 18.7. The topological polar surface area (TPSA) is 102 Å². The minimum atomic E-state index is -0.492. The molecule has 0 saturated carbocycles. The summed E-state index contributed by atoms with van der Waals surface area (Å²) >= 11 is 0. The molecule has 0 spiro atoms. The first-order valence-electron chi connectivity index (χ1n) is 8.91. The highest BCUT2D eigenvalue weighted by Gasteiger charge is 2.39. The largest absolute Gasteiger partial charge is 0.507 e. The highest BCUT2D eigenvalue weighted by atomic mass is 16.5. The molecular formula is C20H14N4O4. The van der Waals surface area contributed by atoms with Crippen LogP contribution in [0, 0.1) is 0 Å². The van der Waals surface area contributed by atoms with Crippen molar-refractivity contribution in [2.24, 2.45) is 0 Å². The predicted molar refractivity (Wildman–Crippen MR) is 100 cm³/mol. The van der Waals surface area contributed by atoms with E-state index in [1.807, 2.05) is 30.3 Å². The Morgan fingerprint density at radius 1 is 1.21 bits per heavy atom. The summed E-state index contributed by atoms with van der Waals surface area (Å²) < 4.78 is 13.4. The molecule has 4 heterocycles. The molecule has 28 heavy (non-hydrogen) atoms. The molecule has 2 aromatic heterocycles. The number of nitrogens with zero attached hydrogens (tertiary/aromatic N) is 3. The Labute approximate surface area is 158 Å². The lowest BCUT2D eigenvalue weighted by Gasteiger charge is -2.37. The first-order valence-corrected chi connectivity index (χ1v) is 8.91. The van der Waals surface area contributed by atoms with Crippen LogP contribution in [0.4, 0.5) is 5.95 Å². The van der Waals surface area contributed by atoms with Gasteiger partial charge in [0, 0.05) is 24.1 Å². The van der Waals surface area contributed by atoms with Crippen LogP contribution >= 0.6 is 0 Å². The number of ether oxygens (including phenoxy) is 1. The van der Waals surface area contributed by atoms with Crippen molar-refractivity contribution in [1.29, 1.82) is 0 Å². The van der Waals surface area contributed by atoms with Gasteiger partial charge in [-0.15, -0.1) is 0 Å². The van der Waals surface area contributed by atoms with Crippen molar-refractivity contribution in [3.63, 3.8) is 0 Å². The Bertz CT molecular complexity index is 1300. The summed E-state index contributed by atoms with van der Waals surface area (Å²) in [6.07, 6.45) is 1.77. The van der Waals surface area contributed by atoms with Crippen LogP contribution in [0.3, 0.4) is 0 Å². The molecule has 2 bridgehead atoms. The second-order valence-corrected chi connectivity index (χ2v) is 6.89. The van der Waals surface area contributed by atoms with Gasteiger partial charge in [-0.2, -0.15) is 10.1 Å². The summed E-state index contributed by atoms with van der Waals surface area (Å²) in [6.45, 7) is 0. The number of aromatic nitrogens is 3. The van der Waals surface area contributed by atoms with Gasteiger partial charge in [0.2, 0.25) is 5.95 Å². The predicted octanol–water partition coefficient (Wildman–Crippen LogP) is 2.88. The SMILES string of the molecule is O=c1cc(-c2ccccc2)c2c(O)cc3c(c2o1)C1CC(Nc2ncnn21)O3. The van der Waals surface area contributed by atoms with Crippen molar-refractivity contribution >= 4 is 16.9 Å². The van der Waals surface area contributed by atoms with E-state index >= 15 is 0 Å². The normalized spacial score (nSPS) is 19.4. The summed E-state index contributed by atoms with van der Waals surface area (Å²) in [7, 11) is 0. The van der Waals surface area contributed by atoms with Crippen LogP contribution in [0.1, 0.15) is 18.0 Å². The minimum absolute atomic E-state index is 0.00450. The third kappa shape index (κ3) is 2.02. The third-order valence-electron chi connectivity index (χ3n) is 5.28. The summed E-state index contributed by atoms with van der Waals surface area (Å²) in [6, 6.07) is 12.2. The van der Waals surface area contributed by atoms with Crippen LogP contribution in [0.15, 0.2) is 58.0 Å². The van der Waals surface area contributed by atoms with E-state index in [-0.39, 0.29) is 18.0 Å². The summed E-state index contributed by atoms with van der Waals surface area (Å²) in [5.74, 6) is 1.05. The number of hydrogen-bond acceptors (Lipinski definition) is 7. The molecule has 2 N–H and O–H groups in total. The summed E-state index contributed by atoms with van der Waals surface area (Å²) in [4.78, 5) is 16.6. The number of fused-ring (bicyclic) bond motifs is 8. The van der Waals surface area contributed by atoms with E-state index in [9.17, 15) is 9.90 Å². The number of nitrogens with one attached hydrogen (secondary N) is 1. The van der Waals surface area contributed by atoms with Gasteiger partial charge in [0.05, 0.1) is 17.0 Å². The van der Waals surface area contributed by atoms with Crippen LogP contribution in [0.2, 0.25) is 0 Å². The number of benzene rings is 2. The number of rotatable bonds is 1. The molecule has 2 aromatic carbocycles. The first-order chi connectivity index (χ1) is 13.7. The monoisotopic (exact) mass is 374 g/mol. The molecular weight excluding hydrogens is 360 g/mol.